The van der Waals surface area contributed by atoms with Crippen LogP contribution < -0.4 is 0 Å². The van der Waals surface area contributed by atoms with E-state index in [9.17, 15) is 0 Å². The van der Waals surface area contributed by atoms with Gasteiger partial charge < -0.3 is 4.57 Å². The highest BCUT2D eigenvalue weighted by atomic mass is 15.1. The minimum absolute atomic E-state index is 1.10. The van der Waals surface area contributed by atoms with Crippen molar-refractivity contribution in [3.8, 4) is 0 Å². The van der Waals surface area contributed by atoms with Crippen molar-refractivity contribution >= 4 is 0 Å². The van der Waals surface area contributed by atoms with Crippen LogP contribution in [-0.2, 0) is 25.8 Å². The van der Waals surface area contributed by atoms with Gasteiger partial charge >= 0.3 is 0 Å². The third-order valence-electron chi connectivity index (χ3n) is 10.2. The molecule has 1 aromatic heterocycles. The number of unbranched alkanes of at least 4 members (excludes halogenated alkanes) is 26. The highest BCUT2D eigenvalue weighted by Gasteiger charge is 2.09. The van der Waals surface area contributed by atoms with Gasteiger partial charge in [-0.1, -0.05) is 211 Å². The molecule has 2 heteroatoms. The molecule has 264 valence electrons. The first-order chi connectivity index (χ1) is 22.8. The van der Waals surface area contributed by atoms with Crippen LogP contribution in [0.4, 0.5) is 0 Å². The van der Waals surface area contributed by atoms with Crippen molar-refractivity contribution in [2.24, 2.45) is 0 Å². The van der Waals surface area contributed by atoms with Gasteiger partial charge in [0, 0.05) is 19.2 Å². The first kappa shape index (κ1) is 40.6. The minimum atomic E-state index is 1.10. The molecule has 0 unspecified atom stereocenters. The molecule has 0 atom stereocenters. The Balaban J connectivity index is 1.56. The van der Waals surface area contributed by atoms with Crippen molar-refractivity contribution < 1.29 is 0 Å². The van der Waals surface area contributed by atoms with E-state index < -0.39 is 0 Å². The molecule has 1 heterocycles. The standard InChI is InChI=1S/C44H78N2/c1-3-5-7-9-11-13-15-16-17-18-19-20-22-24-26-28-33-40-46-41-43(38-34-37-42-35-30-29-31-36-42)45-44(46)39-32-27-25-23-21-14-12-10-8-6-4-2/h29-31,35-36,41H,3-28,32-34,37-40H2,1-2H3. The lowest BCUT2D eigenvalue weighted by Crippen LogP contribution is -2.03. The van der Waals surface area contributed by atoms with Crippen LogP contribution in [0.5, 0.6) is 0 Å². The van der Waals surface area contributed by atoms with Gasteiger partial charge in [-0.15, -0.1) is 0 Å². The number of hydrogen-bond acceptors (Lipinski definition) is 1. The molecule has 0 radical (unpaired) electrons. The molecule has 0 amide bonds. The molecular weight excluding hydrogens is 556 g/mol. The number of nitrogens with zero attached hydrogens (tertiary/aromatic N) is 2. The second kappa shape index (κ2) is 30.7. The fraction of sp³-hybridized carbons (Fsp3) is 0.795. The van der Waals surface area contributed by atoms with Crippen LogP contribution in [0.2, 0.25) is 0 Å². The molecule has 0 aliphatic rings. The van der Waals surface area contributed by atoms with Crippen molar-refractivity contribution in [1.29, 1.82) is 0 Å². The fourth-order valence-electron chi connectivity index (χ4n) is 7.10. The highest BCUT2D eigenvalue weighted by molar-refractivity contribution is 5.15. The van der Waals surface area contributed by atoms with Gasteiger partial charge in [0.15, 0.2) is 0 Å². The lowest BCUT2D eigenvalue weighted by molar-refractivity contribution is 0.513. The molecule has 2 aromatic rings. The lowest BCUT2D eigenvalue weighted by Gasteiger charge is -2.08. The summed E-state index contributed by atoms with van der Waals surface area (Å²) in [6.07, 6.45) is 46.9. The summed E-state index contributed by atoms with van der Waals surface area (Å²) in [7, 11) is 0. The molecule has 0 spiro atoms. The molecule has 0 aliphatic carbocycles. The number of aryl methyl sites for hydroxylation is 4. The Kier molecular flexibility index (Phi) is 27.1. The first-order valence-electron chi connectivity index (χ1n) is 20.9. The van der Waals surface area contributed by atoms with E-state index in [1.54, 1.807) is 0 Å². The van der Waals surface area contributed by atoms with Crippen LogP contribution in [0, 0.1) is 0 Å². The van der Waals surface area contributed by atoms with Gasteiger partial charge in [-0.3, -0.25) is 0 Å². The Labute approximate surface area is 288 Å². The van der Waals surface area contributed by atoms with Crippen LogP contribution >= 0.6 is 0 Å². The Hall–Kier alpha value is -1.57. The van der Waals surface area contributed by atoms with Crippen LogP contribution in [0.1, 0.15) is 217 Å². The maximum Gasteiger partial charge on any atom is 0.108 e. The molecule has 2 nitrogen and oxygen atoms in total. The van der Waals surface area contributed by atoms with Gasteiger partial charge in [-0.25, -0.2) is 4.98 Å². The van der Waals surface area contributed by atoms with Crippen molar-refractivity contribution in [2.75, 3.05) is 0 Å². The summed E-state index contributed by atoms with van der Waals surface area (Å²) in [5, 5.41) is 0. The number of hydrogen-bond donors (Lipinski definition) is 0. The summed E-state index contributed by atoms with van der Waals surface area (Å²) in [5.74, 6) is 1.36. The van der Waals surface area contributed by atoms with E-state index in [2.05, 4.69) is 54.9 Å². The van der Waals surface area contributed by atoms with E-state index in [0.717, 1.165) is 25.8 Å². The van der Waals surface area contributed by atoms with E-state index in [4.69, 9.17) is 4.98 Å². The number of imidazole rings is 1. The maximum absolute atomic E-state index is 5.18. The average molecular weight is 635 g/mol. The van der Waals surface area contributed by atoms with Crippen LogP contribution in [0.25, 0.3) is 0 Å². The molecule has 0 aliphatic heterocycles. The van der Waals surface area contributed by atoms with Gasteiger partial charge in [0.05, 0.1) is 5.69 Å². The average Bonchev–Trinajstić information content (AvgIpc) is 3.46. The summed E-state index contributed by atoms with van der Waals surface area (Å²) in [4.78, 5) is 5.18. The molecule has 0 fully saturated rings. The van der Waals surface area contributed by atoms with Gasteiger partial charge in [0.1, 0.15) is 5.82 Å². The van der Waals surface area contributed by atoms with Crippen LogP contribution in [-0.4, -0.2) is 9.55 Å². The Morgan fingerprint density at radius 3 is 1.28 bits per heavy atom. The largest absolute Gasteiger partial charge is 0.335 e. The molecule has 1 aromatic carbocycles. The number of aromatic nitrogens is 2. The van der Waals surface area contributed by atoms with Gasteiger partial charge in [-0.05, 0) is 37.7 Å². The zero-order valence-corrected chi connectivity index (χ0v) is 31.2. The number of benzene rings is 1. The topological polar surface area (TPSA) is 17.8 Å². The van der Waals surface area contributed by atoms with Gasteiger partial charge in [-0.2, -0.15) is 0 Å². The van der Waals surface area contributed by atoms with Gasteiger partial charge in [0.2, 0.25) is 0 Å². The Morgan fingerprint density at radius 2 is 0.826 bits per heavy atom. The minimum Gasteiger partial charge on any atom is -0.335 e. The van der Waals surface area contributed by atoms with Crippen molar-refractivity contribution in [2.45, 2.75) is 226 Å². The third-order valence-corrected chi connectivity index (χ3v) is 10.2. The van der Waals surface area contributed by atoms with E-state index in [1.807, 2.05) is 0 Å². The first-order valence-corrected chi connectivity index (χ1v) is 20.9. The van der Waals surface area contributed by atoms with Crippen LogP contribution in [0.3, 0.4) is 0 Å². The predicted octanol–water partition coefficient (Wildman–Crippen LogP) is 14.6. The maximum atomic E-state index is 5.18. The zero-order chi connectivity index (χ0) is 32.6. The summed E-state index contributed by atoms with van der Waals surface area (Å²) in [6.45, 7) is 5.78. The second-order valence-electron chi connectivity index (χ2n) is 14.6. The molecule has 0 saturated carbocycles. The molecule has 0 N–H and O–H groups in total. The second-order valence-corrected chi connectivity index (χ2v) is 14.6. The predicted molar refractivity (Wildman–Crippen MR) is 205 cm³/mol. The smallest absolute Gasteiger partial charge is 0.108 e. The molecule has 46 heavy (non-hydrogen) atoms. The monoisotopic (exact) mass is 635 g/mol. The molecule has 0 bridgehead atoms. The highest BCUT2D eigenvalue weighted by Crippen LogP contribution is 2.17. The van der Waals surface area contributed by atoms with E-state index in [-0.39, 0.29) is 0 Å². The molecule has 2 rings (SSSR count). The fourth-order valence-corrected chi connectivity index (χ4v) is 7.10. The molecular formula is C44H78N2. The van der Waals surface area contributed by atoms with E-state index >= 15 is 0 Å². The van der Waals surface area contributed by atoms with Gasteiger partial charge in [0.25, 0.3) is 0 Å². The summed E-state index contributed by atoms with van der Waals surface area (Å²) >= 11 is 0. The Bertz CT molecular complexity index is 885. The molecule has 0 saturated heterocycles. The lowest BCUT2D eigenvalue weighted by atomic mass is 10.0. The SMILES string of the molecule is CCCCCCCCCCCCCCCCCCCn1cc(CCCc2ccccc2)nc1CCCCCCCCCCCCC. The normalized spacial score (nSPS) is 11.5. The summed E-state index contributed by atoms with van der Waals surface area (Å²) < 4.78 is 2.54. The zero-order valence-electron chi connectivity index (χ0n) is 31.2. The third kappa shape index (κ3) is 22.9. The Morgan fingerprint density at radius 1 is 0.413 bits per heavy atom. The van der Waals surface area contributed by atoms with Crippen molar-refractivity contribution in [3.05, 3.63) is 53.6 Å². The van der Waals surface area contributed by atoms with E-state index in [1.165, 1.54) is 203 Å². The van der Waals surface area contributed by atoms with Crippen LogP contribution in [0.15, 0.2) is 36.5 Å². The van der Waals surface area contributed by atoms with E-state index in [0.29, 0.717) is 0 Å². The number of rotatable bonds is 34. The van der Waals surface area contributed by atoms with Crippen molar-refractivity contribution in [1.82, 2.24) is 9.55 Å². The van der Waals surface area contributed by atoms with Crippen molar-refractivity contribution in [3.63, 3.8) is 0 Å². The summed E-state index contributed by atoms with van der Waals surface area (Å²) in [6, 6.07) is 11.0. The summed E-state index contributed by atoms with van der Waals surface area (Å²) in [5.41, 5.74) is 2.77. The quantitative estimate of drug-likeness (QED) is 0.0700.